The van der Waals surface area contributed by atoms with E-state index in [0.29, 0.717) is 16.4 Å². The fourth-order valence-electron chi connectivity index (χ4n) is 2.29. The molecule has 0 saturated heterocycles. The third kappa shape index (κ3) is 3.71. The van der Waals surface area contributed by atoms with Crippen molar-refractivity contribution in [3.8, 4) is 0 Å². The Balaban J connectivity index is 1.75. The van der Waals surface area contributed by atoms with Crippen LogP contribution in [0.1, 0.15) is 5.56 Å². The first-order valence-corrected chi connectivity index (χ1v) is 7.52. The van der Waals surface area contributed by atoms with Crippen molar-refractivity contribution >= 4 is 45.7 Å². The minimum Gasteiger partial charge on any atom is -0.397 e. The van der Waals surface area contributed by atoms with Crippen molar-refractivity contribution in [3.63, 3.8) is 0 Å². The van der Waals surface area contributed by atoms with Crippen LogP contribution in [0.25, 0.3) is 16.8 Å². The van der Waals surface area contributed by atoms with Gasteiger partial charge in [0.1, 0.15) is 0 Å². The molecule has 0 saturated carbocycles. The highest BCUT2D eigenvalue weighted by Crippen LogP contribution is 2.23. The van der Waals surface area contributed by atoms with E-state index in [9.17, 15) is 4.79 Å². The van der Waals surface area contributed by atoms with Gasteiger partial charge in [-0.05, 0) is 46.7 Å². The second kappa shape index (κ2) is 6.55. The number of hydrogen-bond donors (Lipinski definition) is 2. The zero-order chi connectivity index (χ0) is 16.2. The number of anilines is 2. The lowest BCUT2D eigenvalue weighted by Gasteiger charge is -2.06. The molecule has 0 aliphatic rings. The zero-order valence-electron chi connectivity index (χ0n) is 12.3. The number of rotatable bonds is 3. The topological polar surface area (TPSA) is 55.1 Å². The summed E-state index contributed by atoms with van der Waals surface area (Å²) in [7, 11) is 0. The summed E-state index contributed by atoms with van der Waals surface area (Å²) in [6.07, 6.45) is 3.24. The molecule has 0 bridgehead atoms. The van der Waals surface area contributed by atoms with E-state index in [0.717, 1.165) is 10.9 Å². The molecule has 3 aromatic carbocycles. The molecule has 0 spiro atoms. The lowest BCUT2D eigenvalue weighted by atomic mass is 10.1. The van der Waals surface area contributed by atoms with E-state index in [1.807, 2.05) is 36.4 Å². The van der Waals surface area contributed by atoms with Crippen molar-refractivity contribution in [3.05, 3.63) is 77.3 Å². The normalized spacial score (nSPS) is 11.0. The van der Waals surface area contributed by atoms with Crippen LogP contribution in [0.4, 0.5) is 11.4 Å². The Morgan fingerprint density at radius 2 is 1.78 bits per heavy atom. The van der Waals surface area contributed by atoms with Crippen LogP contribution in [0.2, 0.25) is 5.02 Å². The molecule has 114 valence electrons. The average molecular weight is 323 g/mol. The lowest BCUT2D eigenvalue weighted by molar-refractivity contribution is -0.111. The quantitative estimate of drug-likeness (QED) is 0.541. The van der Waals surface area contributed by atoms with E-state index < -0.39 is 0 Å². The Labute approximate surface area is 139 Å². The molecule has 3 rings (SSSR count). The average Bonchev–Trinajstić information content (AvgIpc) is 2.56. The van der Waals surface area contributed by atoms with Gasteiger partial charge in [0.15, 0.2) is 0 Å². The molecule has 0 atom stereocenters. The zero-order valence-corrected chi connectivity index (χ0v) is 13.0. The van der Waals surface area contributed by atoms with Crippen LogP contribution in [-0.2, 0) is 4.79 Å². The molecule has 3 nitrogen and oxygen atoms in total. The molecule has 1 amide bonds. The number of hydrogen-bond acceptors (Lipinski definition) is 2. The Bertz CT molecular complexity index is 903. The molecule has 0 heterocycles. The van der Waals surface area contributed by atoms with E-state index in [2.05, 4.69) is 11.4 Å². The fourth-order valence-corrected chi connectivity index (χ4v) is 2.47. The Morgan fingerprint density at radius 1 is 1.00 bits per heavy atom. The number of benzene rings is 3. The van der Waals surface area contributed by atoms with E-state index >= 15 is 0 Å². The molecule has 4 heteroatoms. The summed E-state index contributed by atoms with van der Waals surface area (Å²) in [6.45, 7) is 0. The molecular weight excluding hydrogens is 308 g/mol. The van der Waals surface area contributed by atoms with Gasteiger partial charge >= 0.3 is 0 Å². The molecule has 0 fully saturated rings. The van der Waals surface area contributed by atoms with Crippen LogP contribution in [0.3, 0.4) is 0 Å². The smallest absolute Gasteiger partial charge is 0.248 e. The first-order chi connectivity index (χ1) is 11.1. The molecule has 0 unspecified atom stereocenters. The van der Waals surface area contributed by atoms with Crippen molar-refractivity contribution < 1.29 is 4.79 Å². The standard InChI is InChI=1S/C19H15ClN2O/c20-16-8-9-17(21)18(12-16)22-19(23)10-6-13-5-7-14-3-1-2-4-15(14)11-13/h1-12H,21H2,(H,22,23). The number of fused-ring (bicyclic) bond motifs is 1. The minimum atomic E-state index is -0.257. The second-order valence-electron chi connectivity index (χ2n) is 5.16. The SMILES string of the molecule is Nc1ccc(Cl)cc1NC(=O)C=Cc1ccc2ccccc2c1. The first kappa shape index (κ1) is 15.1. The third-order valence-corrected chi connectivity index (χ3v) is 3.71. The molecule has 0 radical (unpaired) electrons. The largest absolute Gasteiger partial charge is 0.397 e. The summed E-state index contributed by atoms with van der Waals surface area (Å²) < 4.78 is 0. The molecule has 0 aromatic heterocycles. The summed E-state index contributed by atoms with van der Waals surface area (Å²) in [5.41, 5.74) is 7.75. The Morgan fingerprint density at radius 3 is 2.61 bits per heavy atom. The van der Waals surface area contributed by atoms with Crippen molar-refractivity contribution in [1.82, 2.24) is 0 Å². The number of nitrogen functional groups attached to an aromatic ring is 1. The van der Waals surface area contributed by atoms with Gasteiger partial charge in [0, 0.05) is 11.1 Å². The van der Waals surface area contributed by atoms with E-state index in [1.165, 1.54) is 11.5 Å². The number of halogens is 1. The van der Waals surface area contributed by atoms with Gasteiger partial charge in [-0.1, -0.05) is 48.0 Å². The summed E-state index contributed by atoms with van der Waals surface area (Å²) in [4.78, 5) is 12.0. The number of nitrogens with two attached hydrogens (primary N) is 1. The van der Waals surface area contributed by atoms with Crippen LogP contribution in [0, 0.1) is 0 Å². The highest BCUT2D eigenvalue weighted by molar-refractivity contribution is 6.31. The van der Waals surface area contributed by atoms with Crippen molar-refractivity contribution in [2.24, 2.45) is 0 Å². The lowest BCUT2D eigenvalue weighted by Crippen LogP contribution is -2.09. The van der Waals surface area contributed by atoms with Gasteiger partial charge in [-0.3, -0.25) is 4.79 Å². The summed E-state index contributed by atoms with van der Waals surface area (Å²) in [5, 5.41) is 5.55. The summed E-state index contributed by atoms with van der Waals surface area (Å²) in [6, 6.07) is 19.1. The maximum atomic E-state index is 12.0. The van der Waals surface area contributed by atoms with Gasteiger partial charge in [0.25, 0.3) is 0 Å². The van der Waals surface area contributed by atoms with Crippen molar-refractivity contribution in [1.29, 1.82) is 0 Å². The molecule has 3 aromatic rings. The predicted octanol–water partition coefficient (Wildman–Crippen LogP) is 4.73. The second-order valence-corrected chi connectivity index (χ2v) is 5.60. The number of nitrogens with one attached hydrogen (secondary N) is 1. The third-order valence-electron chi connectivity index (χ3n) is 3.47. The highest BCUT2D eigenvalue weighted by atomic mass is 35.5. The molecule has 0 aliphatic carbocycles. The van der Waals surface area contributed by atoms with Gasteiger partial charge in [0.2, 0.25) is 5.91 Å². The van der Waals surface area contributed by atoms with Crippen molar-refractivity contribution in [2.45, 2.75) is 0 Å². The molecular formula is C19H15ClN2O. The maximum Gasteiger partial charge on any atom is 0.248 e. The number of amides is 1. The van der Waals surface area contributed by atoms with Gasteiger partial charge < -0.3 is 11.1 Å². The van der Waals surface area contributed by atoms with E-state index in [-0.39, 0.29) is 5.91 Å². The maximum absolute atomic E-state index is 12.0. The first-order valence-electron chi connectivity index (χ1n) is 7.15. The van der Waals surface area contributed by atoms with Crippen LogP contribution < -0.4 is 11.1 Å². The predicted molar refractivity (Wildman–Crippen MR) is 97.5 cm³/mol. The summed E-state index contributed by atoms with van der Waals surface area (Å²) in [5.74, 6) is -0.257. The fraction of sp³-hybridized carbons (Fsp3) is 0. The molecule has 3 N–H and O–H groups in total. The van der Waals surface area contributed by atoms with Gasteiger partial charge in [-0.2, -0.15) is 0 Å². The Hall–Kier alpha value is -2.78. The highest BCUT2D eigenvalue weighted by Gasteiger charge is 2.03. The van der Waals surface area contributed by atoms with Crippen LogP contribution >= 0.6 is 11.6 Å². The Kier molecular flexibility index (Phi) is 4.31. The summed E-state index contributed by atoms with van der Waals surface area (Å²) >= 11 is 5.90. The van der Waals surface area contributed by atoms with E-state index in [1.54, 1.807) is 24.3 Å². The van der Waals surface area contributed by atoms with Crippen molar-refractivity contribution in [2.75, 3.05) is 11.1 Å². The van der Waals surface area contributed by atoms with Crippen LogP contribution in [0.15, 0.2) is 66.7 Å². The molecule has 0 aliphatic heterocycles. The number of carbonyl (C=O) groups is 1. The molecule has 23 heavy (non-hydrogen) atoms. The van der Waals surface area contributed by atoms with Gasteiger partial charge in [-0.25, -0.2) is 0 Å². The monoisotopic (exact) mass is 322 g/mol. The minimum absolute atomic E-state index is 0.257. The van der Waals surface area contributed by atoms with Crippen LogP contribution in [-0.4, -0.2) is 5.91 Å². The van der Waals surface area contributed by atoms with Gasteiger partial charge in [0.05, 0.1) is 11.4 Å². The van der Waals surface area contributed by atoms with E-state index in [4.69, 9.17) is 17.3 Å². The number of carbonyl (C=O) groups excluding carboxylic acids is 1. The van der Waals surface area contributed by atoms with Gasteiger partial charge in [-0.15, -0.1) is 0 Å². The van der Waals surface area contributed by atoms with Crippen LogP contribution in [0.5, 0.6) is 0 Å².